The van der Waals surface area contributed by atoms with Gasteiger partial charge < -0.3 is 33.9 Å². The summed E-state index contributed by atoms with van der Waals surface area (Å²) >= 11 is 1.59. The smallest absolute Gasteiger partial charge is 0.232 e. The lowest BCUT2D eigenvalue weighted by Gasteiger charge is -2.42. The number of fused-ring (bicyclic) bond motifs is 2. The van der Waals surface area contributed by atoms with E-state index in [0.717, 1.165) is 71.1 Å². The van der Waals surface area contributed by atoms with Gasteiger partial charge in [-0.25, -0.2) is 0 Å². The maximum atomic E-state index is 5.85. The summed E-state index contributed by atoms with van der Waals surface area (Å²) in [7, 11) is 5.91. The second-order valence-electron chi connectivity index (χ2n) is 11.8. The Morgan fingerprint density at radius 2 is 1.72 bits per heavy atom. The number of anilines is 6. The van der Waals surface area contributed by atoms with Gasteiger partial charge in [-0.05, 0) is 50.2 Å². The Bertz CT molecular complexity index is 1820. The van der Waals surface area contributed by atoms with E-state index in [2.05, 4.69) is 63.8 Å². The maximum Gasteiger partial charge on any atom is 0.232 e. The Hall–Kier alpha value is -4.33. The van der Waals surface area contributed by atoms with E-state index in [-0.39, 0.29) is 0 Å². The van der Waals surface area contributed by atoms with Crippen molar-refractivity contribution in [2.24, 2.45) is 0 Å². The highest BCUT2D eigenvalue weighted by atomic mass is 32.2. The molecular formula is C33H40N10O2S. The Kier molecular flexibility index (Phi) is 8.69. The molecule has 0 aliphatic carbocycles. The first-order chi connectivity index (χ1) is 22.5. The lowest BCUT2D eigenvalue weighted by molar-refractivity contribution is 0.0982. The van der Waals surface area contributed by atoms with Crippen LogP contribution in [0.3, 0.4) is 0 Å². The molecule has 0 radical (unpaired) electrons. The standard InChI is InChI=1S/C33H40N10O2S/c1-40-16-18-43(19-17-40)22-9-14-42(15-10-22)23-5-6-25(28(21-23)44-3)37-33-38-31(24-11-20-45-32(24)39-33)36-27-8-7-26-29(35-13-12-34-26)30(27)41(2)46-4/h5-8,11-13,20-22H,9-10,14-19H2,1-4H3,(H2,36,37,38,39). The molecule has 3 aromatic heterocycles. The molecule has 13 heteroatoms. The fourth-order valence-corrected chi connectivity index (χ4v) is 6.81. The fourth-order valence-electron chi connectivity index (χ4n) is 6.44. The van der Waals surface area contributed by atoms with Crippen LogP contribution in [-0.2, 0) is 0 Å². The van der Waals surface area contributed by atoms with Gasteiger partial charge in [0.25, 0.3) is 0 Å². The molecule has 2 saturated heterocycles. The van der Waals surface area contributed by atoms with Crippen LogP contribution in [0.4, 0.5) is 34.5 Å². The van der Waals surface area contributed by atoms with Gasteiger partial charge in [0.05, 0.1) is 41.3 Å². The average Bonchev–Trinajstić information content (AvgIpc) is 3.58. The number of nitrogens with zero attached hydrogens (tertiary/aromatic N) is 8. The van der Waals surface area contributed by atoms with Gasteiger partial charge in [-0.1, -0.05) is 11.9 Å². The molecule has 5 heterocycles. The van der Waals surface area contributed by atoms with E-state index in [9.17, 15) is 0 Å². The Labute approximate surface area is 273 Å². The van der Waals surface area contributed by atoms with Crippen LogP contribution in [-0.4, -0.2) is 103 Å². The minimum Gasteiger partial charge on any atom is -0.494 e. The fraction of sp³-hybridized carbons (Fsp3) is 0.394. The molecule has 240 valence electrons. The van der Waals surface area contributed by atoms with Gasteiger partial charge in [0.2, 0.25) is 11.7 Å². The second kappa shape index (κ2) is 13.2. The second-order valence-corrected chi connectivity index (χ2v) is 12.7. The average molecular weight is 641 g/mol. The number of piperazine rings is 1. The Morgan fingerprint density at radius 1 is 0.935 bits per heavy atom. The summed E-state index contributed by atoms with van der Waals surface area (Å²) in [5.74, 6) is 1.73. The first kappa shape index (κ1) is 30.3. The molecule has 2 N–H and O–H groups in total. The minimum absolute atomic E-state index is 0.393. The first-order valence-electron chi connectivity index (χ1n) is 15.7. The third-order valence-electron chi connectivity index (χ3n) is 9.10. The number of ether oxygens (including phenoxy) is 1. The van der Waals surface area contributed by atoms with Crippen LogP contribution in [0.2, 0.25) is 0 Å². The summed E-state index contributed by atoms with van der Waals surface area (Å²) < 4.78 is 13.7. The van der Waals surface area contributed by atoms with Crippen molar-refractivity contribution >= 4 is 68.6 Å². The molecule has 12 nitrogen and oxygen atoms in total. The van der Waals surface area contributed by atoms with Crippen LogP contribution in [0.5, 0.6) is 5.75 Å². The number of rotatable bonds is 9. The number of benzene rings is 2. The number of aromatic nitrogens is 4. The zero-order valence-corrected chi connectivity index (χ0v) is 27.5. The largest absolute Gasteiger partial charge is 0.494 e. The molecule has 46 heavy (non-hydrogen) atoms. The highest BCUT2D eigenvalue weighted by Crippen LogP contribution is 2.38. The predicted molar refractivity (Wildman–Crippen MR) is 187 cm³/mol. The van der Waals surface area contributed by atoms with E-state index in [1.807, 2.05) is 37.6 Å². The summed E-state index contributed by atoms with van der Waals surface area (Å²) in [6.45, 7) is 6.74. The van der Waals surface area contributed by atoms with Gasteiger partial charge in [-0.2, -0.15) is 9.97 Å². The van der Waals surface area contributed by atoms with Gasteiger partial charge in [0, 0.05) is 82.8 Å². The third-order valence-corrected chi connectivity index (χ3v) is 9.83. The number of methoxy groups -OCH3 is 1. The van der Waals surface area contributed by atoms with E-state index in [1.54, 1.807) is 37.7 Å². The molecule has 2 aromatic carbocycles. The zero-order chi connectivity index (χ0) is 31.6. The summed E-state index contributed by atoms with van der Waals surface area (Å²) in [4.78, 5) is 26.2. The molecule has 2 aliphatic heterocycles. The molecule has 0 amide bonds. The summed E-state index contributed by atoms with van der Waals surface area (Å²) in [6.07, 6.45) is 9.41. The van der Waals surface area contributed by atoms with E-state index in [0.29, 0.717) is 23.5 Å². The van der Waals surface area contributed by atoms with Crippen molar-refractivity contribution in [2.75, 3.05) is 86.6 Å². The Balaban J connectivity index is 1.12. The maximum absolute atomic E-state index is 5.85. The molecular weight excluding hydrogens is 600 g/mol. The minimum atomic E-state index is 0.393. The SMILES string of the molecule is COc1cc(N2CCC(N3CCN(C)CC3)CC2)ccc1Nc1nc(Nc2ccc3nccnc3c2N(C)SC)c2ccoc2n1. The van der Waals surface area contributed by atoms with Gasteiger partial charge in [0.1, 0.15) is 17.1 Å². The van der Waals surface area contributed by atoms with Crippen LogP contribution in [0.25, 0.3) is 22.1 Å². The van der Waals surface area contributed by atoms with E-state index in [4.69, 9.17) is 14.1 Å². The molecule has 2 fully saturated rings. The number of hydrogen-bond donors (Lipinski definition) is 2. The quantitative estimate of drug-likeness (QED) is 0.196. The van der Waals surface area contributed by atoms with Crippen LogP contribution in [0.15, 0.2) is 59.5 Å². The van der Waals surface area contributed by atoms with Crippen molar-refractivity contribution in [3.8, 4) is 5.75 Å². The van der Waals surface area contributed by atoms with E-state index in [1.165, 1.54) is 25.9 Å². The molecule has 2 aliphatic rings. The number of furan rings is 1. The van der Waals surface area contributed by atoms with Crippen LogP contribution in [0, 0.1) is 0 Å². The molecule has 0 bridgehead atoms. The van der Waals surface area contributed by atoms with Crippen molar-refractivity contribution in [3.63, 3.8) is 0 Å². The molecule has 5 aromatic rings. The van der Waals surface area contributed by atoms with Crippen molar-refractivity contribution < 1.29 is 9.15 Å². The van der Waals surface area contributed by atoms with Crippen molar-refractivity contribution in [1.82, 2.24) is 29.7 Å². The van der Waals surface area contributed by atoms with E-state index >= 15 is 0 Å². The highest BCUT2D eigenvalue weighted by Gasteiger charge is 2.27. The van der Waals surface area contributed by atoms with Gasteiger partial charge in [0.15, 0.2) is 0 Å². The van der Waals surface area contributed by atoms with Crippen LogP contribution >= 0.6 is 11.9 Å². The molecule has 0 atom stereocenters. The monoisotopic (exact) mass is 640 g/mol. The summed E-state index contributed by atoms with van der Waals surface area (Å²) in [5, 5.41) is 7.68. The number of nitrogens with one attached hydrogen (secondary N) is 2. The summed E-state index contributed by atoms with van der Waals surface area (Å²) in [5.41, 5.74) is 5.78. The Morgan fingerprint density at radius 3 is 2.50 bits per heavy atom. The highest BCUT2D eigenvalue weighted by molar-refractivity contribution is 7.99. The van der Waals surface area contributed by atoms with E-state index < -0.39 is 0 Å². The van der Waals surface area contributed by atoms with Crippen molar-refractivity contribution in [2.45, 2.75) is 18.9 Å². The number of piperidine rings is 1. The first-order valence-corrected chi connectivity index (χ1v) is 16.9. The number of likely N-dealkylation sites (N-methyl/N-ethyl adjacent to an activating group) is 1. The normalized spacial score (nSPS) is 16.7. The van der Waals surface area contributed by atoms with Crippen molar-refractivity contribution in [1.29, 1.82) is 0 Å². The lowest BCUT2D eigenvalue weighted by Crippen LogP contribution is -2.52. The predicted octanol–water partition coefficient (Wildman–Crippen LogP) is 5.59. The van der Waals surface area contributed by atoms with Crippen molar-refractivity contribution in [3.05, 3.63) is 55.1 Å². The molecule has 0 spiro atoms. The van der Waals surface area contributed by atoms with Gasteiger partial charge in [-0.15, -0.1) is 0 Å². The lowest BCUT2D eigenvalue weighted by atomic mass is 10.0. The molecule has 0 unspecified atom stereocenters. The van der Waals surface area contributed by atoms with Crippen LogP contribution in [0.1, 0.15) is 12.8 Å². The van der Waals surface area contributed by atoms with Gasteiger partial charge in [-0.3, -0.25) is 14.9 Å². The molecule has 0 saturated carbocycles. The van der Waals surface area contributed by atoms with Crippen LogP contribution < -0.4 is 24.6 Å². The molecule has 7 rings (SSSR count). The number of hydrogen-bond acceptors (Lipinski definition) is 13. The third kappa shape index (κ3) is 6.09. The topological polar surface area (TPSA) is 111 Å². The zero-order valence-electron chi connectivity index (χ0n) is 26.7. The summed E-state index contributed by atoms with van der Waals surface area (Å²) in [6, 6.07) is 12.8. The van der Waals surface area contributed by atoms with Gasteiger partial charge >= 0.3 is 0 Å².